The van der Waals surface area contributed by atoms with E-state index in [1.807, 2.05) is 17.1 Å². The quantitative estimate of drug-likeness (QED) is 0.579. The first-order valence-corrected chi connectivity index (χ1v) is 5.31. The van der Waals surface area contributed by atoms with E-state index in [-0.39, 0.29) is 0 Å². The minimum atomic E-state index is 0.638. The summed E-state index contributed by atoms with van der Waals surface area (Å²) in [7, 11) is 0. The van der Waals surface area contributed by atoms with Crippen molar-refractivity contribution in [1.82, 2.24) is 20.4 Å². The Morgan fingerprint density at radius 2 is 2.47 bits per heavy atom. The molecule has 0 aliphatic carbocycles. The smallest absolute Gasteiger partial charge is 0.166 e. The van der Waals surface area contributed by atoms with Gasteiger partial charge in [0.05, 0.1) is 6.20 Å². The van der Waals surface area contributed by atoms with Crippen LogP contribution in [0.4, 0.5) is 0 Å². The van der Waals surface area contributed by atoms with Gasteiger partial charge in [-0.3, -0.25) is 4.68 Å². The van der Waals surface area contributed by atoms with Gasteiger partial charge in [0.15, 0.2) is 5.11 Å². The van der Waals surface area contributed by atoms with Crippen molar-refractivity contribution in [3.05, 3.63) is 30.6 Å². The lowest BCUT2D eigenvalue weighted by atomic mass is 10.4. The van der Waals surface area contributed by atoms with Crippen LogP contribution in [-0.4, -0.2) is 21.4 Å². The lowest BCUT2D eigenvalue weighted by molar-refractivity contribution is 0.659. The molecule has 4 nitrogen and oxygen atoms in total. The van der Waals surface area contributed by atoms with Crippen LogP contribution in [0, 0.1) is 0 Å². The predicted octanol–water partition coefficient (Wildman–Crippen LogP) is 1.05. The highest BCUT2D eigenvalue weighted by Crippen LogP contribution is 1.96. The van der Waals surface area contributed by atoms with Crippen LogP contribution in [0.3, 0.4) is 0 Å². The molecule has 2 N–H and O–H groups in total. The Morgan fingerprint density at radius 3 is 3.07 bits per heavy atom. The molecule has 0 bridgehead atoms. The fourth-order valence-electron chi connectivity index (χ4n) is 1.08. The number of nitrogens with one attached hydrogen (secondary N) is 2. The summed E-state index contributed by atoms with van der Waals surface area (Å²) >= 11 is 5.06. The van der Waals surface area contributed by atoms with Gasteiger partial charge in [-0.1, -0.05) is 6.08 Å². The molecule has 0 amide bonds. The zero-order chi connectivity index (χ0) is 11.1. The first-order chi connectivity index (χ1) is 7.26. The van der Waals surface area contributed by atoms with E-state index in [2.05, 4.69) is 29.2 Å². The normalized spacial score (nSPS) is 9.67. The van der Waals surface area contributed by atoms with Crippen LogP contribution < -0.4 is 10.6 Å². The third kappa shape index (κ3) is 4.12. The van der Waals surface area contributed by atoms with Gasteiger partial charge in [-0.15, -0.1) is 6.58 Å². The van der Waals surface area contributed by atoms with Crippen LogP contribution in [0.5, 0.6) is 0 Å². The molecule has 0 atom stereocenters. The summed E-state index contributed by atoms with van der Waals surface area (Å²) in [6, 6.07) is 0. The number of hydrogen-bond donors (Lipinski definition) is 2. The lowest BCUT2D eigenvalue weighted by Gasteiger charge is -2.06. The monoisotopic (exact) mass is 224 g/mol. The summed E-state index contributed by atoms with van der Waals surface area (Å²) in [6.07, 6.45) is 5.61. The molecule has 82 valence electrons. The topological polar surface area (TPSA) is 41.9 Å². The number of thiocarbonyl (C=S) groups is 1. The van der Waals surface area contributed by atoms with Crippen molar-refractivity contribution in [2.45, 2.75) is 20.0 Å². The van der Waals surface area contributed by atoms with Gasteiger partial charge in [-0.2, -0.15) is 5.10 Å². The van der Waals surface area contributed by atoms with E-state index in [1.165, 1.54) is 0 Å². The SMILES string of the molecule is C=CCNC(=S)NCc1cnn(CC)c1. The second-order valence-corrected chi connectivity index (χ2v) is 3.46. The largest absolute Gasteiger partial charge is 0.359 e. The summed E-state index contributed by atoms with van der Waals surface area (Å²) in [5.74, 6) is 0. The molecule has 0 aromatic carbocycles. The Balaban J connectivity index is 2.30. The summed E-state index contributed by atoms with van der Waals surface area (Å²) in [5.41, 5.74) is 1.12. The van der Waals surface area contributed by atoms with Crippen molar-refractivity contribution >= 4 is 17.3 Å². The van der Waals surface area contributed by atoms with Crippen LogP contribution in [-0.2, 0) is 13.1 Å². The van der Waals surface area contributed by atoms with Gasteiger partial charge in [0.25, 0.3) is 0 Å². The van der Waals surface area contributed by atoms with Crippen LogP contribution in [0.1, 0.15) is 12.5 Å². The highest BCUT2D eigenvalue weighted by molar-refractivity contribution is 7.80. The summed E-state index contributed by atoms with van der Waals surface area (Å²) in [4.78, 5) is 0. The highest BCUT2D eigenvalue weighted by Gasteiger charge is 1.98. The molecule has 1 aromatic heterocycles. The molecule has 0 aliphatic heterocycles. The Bertz CT molecular complexity index is 332. The minimum absolute atomic E-state index is 0.638. The molecule has 5 heteroatoms. The van der Waals surface area contributed by atoms with Gasteiger partial charge in [-0.05, 0) is 19.1 Å². The van der Waals surface area contributed by atoms with Crippen LogP contribution in [0.2, 0.25) is 0 Å². The fraction of sp³-hybridized carbons (Fsp3) is 0.400. The average Bonchev–Trinajstić information content (AvgIpc) is 2.71. The van der Waals surface area contributed by atoms with E-state index in [0.717, 1.165) is 12.1 Å². The molecule has 0 saturated carbocycles. The Hall–Kier alpha value is -1.36. The number of aryl methyl sites for hydroxylation is 1. The van der Waals surface area contributed by atoms with Gasteiger partial charge in [0.2, 0.25) is 0 Å². The zero-order valence-electron chi connectivity index (χ0n) is 8.86. The molecule has 0 radical (unpaired) electrons. The van der Waals surface area contributed by atoms with E-state index >= 15 is 0 Å². The Kier molecular flexibility index (Phi) is 4.83. The Labute approximate surface area is 95.4 Å². The second-order valence-electron chi connectivity index (χ2n) is 3.06. The number of hydrogen-bond acceptors (Lipinski definition) is 2. The summed E-state index contributed by atoms with van der Waals surface area (Å²) in [6.45, 7) is 7.92. The summed E-state index contributed by atoms with van der Waals surface area (Å²) in [5, 5.41) is 10.9. The third-order valence-electron chi connectivity index (χ3n) is 1.87. The van der Waals surface area contributed by atoms with E-state index in [1.54, 1.807) is 6.08 Å². The van der Waals surface area contributed by atoms with Crippen molar-refractivity contribution in [2.24, 2.45) is 0 Å². The van der Waals surface area contributed by atoms with Crippen LogP contribution >= 0.6 is 12.2 Å². The standard InChI is InChI=1S/C10H16N4S/c1-3-5-11-10(15)12-6-9-7-13-14(4-2)8-9/h3,7-8H,1,4-6H2,2H3,(H2,11,12,15). The van der Waals surface area contributed by atoms with Gasteiger partial charge in [0, 0.05) is 31.4 Å². The molecule has 0 saturated heterocycles. The number of rotatable bonds is 5. The van der Waals surface area contributed by atoms with Crippen molar-refractivity contribution in [1.29, 1.82) is 0 Å². The van der Waals surface area contributed by atoms with Gasteiger partial charge < -0.3 is 10.6 Å². The molecule has 0 spiro atoms. The molecule has 1 heterocycles. The first-order valence-electron chi connectivity index (χ1n) is 4.90. The first kappa shape index (κ1) is 11.7. The molecule has 0 fully saturated rings. The van der Waals surface area contributed by atoms with Crippen LogP contribution in [0.15, 0.2) is 25.0 Å². The van der Waals surface area contributed by atoms with E-state index in [4.69, 9.17) is 12.2 Å². The van der Waals surface area contributed by atoms with Gasteiger partial charge in [-0.25, -0.2) is 0 Å². The van der Waals surface area contributed by atoms with Crippen molar-refractivity contribution in [2.75, 3.05) is 6.54 Å². The molecule has 0 aliphatic rings. The lowest BCUT2D eigenvalue weighted by Crippen LogP contribution is -2.34. The fourth-order valence-corrected chi connectivity index (χ4v) is 1.24. The van der Waals surface area contributed by atoms with Crippen LogP contribution in [0.25, 0.3) is 0 Å². The zero-order valence-corrected chi connectivity index (χ0v) is 9.68. The molecule has 15 heavy (non-hydrogen) atoms. The van der Waals surface area contributed by atoms with E-state index in [9.17, 15) is 0 Å². The van der Waals surface area contributed by atoms with Crippen molar-refractivity contribution in [3.63, 3.8) is 0 Å². The number of aromatic nitrogens is 2. The number of nitrogens with zero attached hydrogens (tertiary/aromatic N) is 2. The van der Waals surface area contributed by atoms with E-state index < -0.39 is 0 Å². The second kappa shape index (κ2) is 6.19. The molecule has 1 aromatic rings. The summed E-state index contributed by atoms with van der Waals surface area (Å²) < 4.78 is 1.89. The predicted molar refractivity (Wildman–Crippen MR) is 65.5 cm³/mol. The molecule has 0 unspecified atom stereocenters. The van der Waals surface area contributed by atoms with Crippen molar-refractivity contribution in [3.8, 4) is 0 Å². The highest BCUT2D eigenvalue weighted by atomic mass is 32.1. The minimum Gasteiger partial charge on any atom is -0.359 e. The van der Waals surface area contributed by atoms with E-state index in [0.29, 0.717) is 18.2 Å². The maximum absolute atomic E-state index is 5.06. The average molecular weight is 224 g/mol. The third-order valence-corrected chi connectivity index (χ3v) is 2.16. The van der Waals surface area contributed by atoms with Gasteiger partial charge in [0.1, 0.15) is 0 Å². The van der Waals surface area contributed by atoms with Gasteiger partial charge >= 0.3 is 0 Å². The molecule has 1 rings (SSSR count). The molecular weight excluding hydrogens is 208 g/mol. The molecular formula is C10H16N4S. The maximum atomic E-state index is 5.06. The maximum Gasteiger partial charge on any atom is 0.166 e. The van der Waals surface area contributed by atoms with Crippen molar-refractivity contribution < 1.29 is 0 Å². The Morgan fingerprint density at radius 1 is 1.67 bits per heavy atom.